The van der Waals surface area contributed by atoms with Crippen molar-refractivity contribution in [2.45, 2.75) is 51.0 Å². The molecule has 7 heteroatoms. The van der Waals surface area contributed by atoms with Gasteiger partial charge in [-0.05, 0) is 38.5 Å². The molecule has 1 saturated carbocycles. The largest absolute Gasteiger partial charge is 0.461 e. The highest BCUT2D eigenvalue weighted by atomic mass is 32.2. The third kappa shape index (κ3) is 4.43. The van der Waals surface area contributed by atoms with E-state index in [2.05, 4.69) is 4.72 Å². The summed E-state index contributed by atoms with van der Waals surface area (Å²) in [5.41, 5.74) is 0. The monoisotopic (exact) mass is 290 g/mol. The van der Waals surface area contributed by atoms with Crippen LogP contribution in [0.4, 0.5) is 0 Å². The van der Waals surface area contributed by atoms with Crippen LogP contribution >= 0.6 is 0 Å². The lowest BCUT2D eigenvalue weighted by molar-refractivity contribution is -0.149. The zero-order valence-corrected chi connectivity index (χ0v) is 12.0. The van der Waals surface area contributed by atoms with Gasteiger partial charge in [-0.1, -0.05) is 6.42 Å². The predicted molar refractivity (Wildman–Crippen MR) is 70.7 cm³/mol. The van der Waals surface area contributed by atoms with Crippen molar-refractivity contribution in [1.29, 1.82) is 0 Å². The van der Waals surface area contributed by atoms with Crippen molar-refractivity contribution < 1.29 is 17.9 Å². The second kappa shape index (κ2) is 6.67. The Kier molecular flexibility index (Phi) is 5.18. The van der Waals surface area contributed by atoms with E-state index in [1.807, 2.05) is 0 Å². The molecule has 2 aliphatic rings. The van der Waals surface area contributed by atoms with Crippen LogP contribution in [0.2, 0.25) is 0 Å². The number of nitrogens with one attached hydrogen (secondary N) is 1. The molecule has 0 aromatic carbocycles. The average Bonchev–Trinajstić information content (AvgIpc) is 2.92. The van der Waals surface area contributed by atoms with Crippen molar-refractivity contribution in [3.63, 3.8) is 0 Å². The number of hydrogen-bond donors (Lipinski definition) is 1. The Morgan fingerprint density at radius 2 is 1.74 bits per heavy atom. The van der Waals surface area contributed by atoms with Gasteiger partial charge in [-0.2, -0.15) is 17.4 Å². The zero-order chi connectivity index (χ0) is 13.7. The Balaban J connectivity index is 1.73. The third-order valence-electron chi connectivity index (χ3n) is 3.65. The Hall–Kier alpha value is -0.660. The summed E-state index contributed by atoms with van der Waals surface area (Å²) in [6.07, 6.45) is 6.87. The lowest BCUT2D eigenvalue weighted by atomic mass is 9.98. The van der Waals surface area contributed by atoms with Crippen molar-refractivity contribution in [2.75, 3.05) is 19.6 Å². The fraction of sp³-hybridized carbons (Fsp3) is 0.917. The summed E-state index contributed by atoms with van der Waals surface area (Å²) in [5.74, 6) is -0.477. The maximum Gasteiger partial charge on any atom is 0.321 e. The molecule has 0 bridgehead atoms. The Labute approximate surface area is 114 Å². The van der Waals surface area contributed by atoms with Crippen LogP contribution in [0.3, 0.4) is 0 Å². The van der Waals surface area contributed by atoms with Crippen molar-refractivity contribution >= 4 is 16.2 Å². The van der Waals surface area contributed by atoms with Crippen molar-refractivity contribution in [3.05, 3.63) is 0 Å². The molecule has 0 aromatic rings. The number of ether oxygens (including phenoxy) is 1. The minimum atomic E-state index is -3.51. The molecule has 0 aromatic heterocycles. The average molecular weight is 290 g/mol. The first kappa shape index (κ1) is 14.7. The Bertz CT molecular complexity index is 398. The van der Waals surface area contributed by atoms with E-state index in [0.717, 1.165) is 38.5 Å². The Morgan fingerprint density at radius 1 is 1.11 bits per heavy atom. The number of carbonyl (C=O) groups is 1. The summed E-state index contributed by atoms with van der Waals surface area (Å²) in [7, 11) is -3.51. The number of rotatable bonds is 5. The molecule has 1 N–H and O–H groups in total. The van der Waals surface area contributed by atoms with E-state index in [1.54, 1.807) is 0 Å². The van der Waals surface area contributed by atoms with Gasteiger partial charge in [0.25, 0.3) is 10.2 Å². The van der Waals surface area contributed by atoms with Gasteiger partial charge in [0.15, 0.2) is 0 Å². The molecule has 0 unspecified atom stereocenters. The summed E-state index contributed by atoms with van der Waals surface area (Å²) >= 11 is 0. The first-order chi connectivity index (χ1) is 9.08. The molecule has 0 atom stereocenters. The molecular weight excluding hydrogens is 268 g/mol. The predicted octanol–water partition coefficient (Wildman–Crippen LogP) is 0.792. The summed E-state index contributed by atoms with van der Waals surface area (Å²) < 4.78 is 32.6. The standard InChI is InChI=1S/C12H22N2O4S/c15-12(18-11-6-2-1-3-7-11)10-13-19(16,17)14-8-4-5-9-14/h11,13H,1-10H2. The molecule has 1 aliphatic heterocycles. The summed E-state index contributed by atoms with van der Waals surface area (Å²) in [6.45, 7) is 0.801. The van der Waals surface area contributed by atoms with Gasteiger partial charge in [0, 0.05) is 13.1 Å². The highest BCUT2D eigenvalue weighted by Gasteiger charge is 2.26. The molecule has 2 rings (SSSR count). The van der Waals surface area contributed by atoms with Gasteiger partial charge >= 0.3 is 5.97 Å². The van der Waals surface area contributed by atoms with E-state index < -0.39 is 16.2 Å². The van der Waals surface area contributed by atoms with Crippen LogP contribution in [-0.2, 0) is 19.7 Å². The molecule has 0 spiro atoms. The van der Waals surface area contributed by atoms with Gasteiger partial charge in [-0.3, -0.25) is 4.79 Å². The number of hydrogen-bond acceptors (Lipinski definition) is 4. The summed E-state index contributed by atoms with van der Waals surface area (Å²) in [4.78, 5) is 11.6. The van der Waals surface area contributed by atoms with Crippen molar-refractivity contribution in [3.8, 4) is 0 Å². The van der Waals surface area contributed by atoms with Crippen LogP contribution in [0.1, 0.15) is 44.9 Å². The number of nitrogens with zero attached hydrogens (tertiary/aromatic N) is 1. The molecule has 0 amide bonds. The molecule has 19 heavy (non-hydrogen) atoms. The van der Waals surface area contributed by atoms with Crippen LogP contribution in [0, 0.1) is 0 Å². The second-order valence-electron chi connectivity index (χ2n) is 5.18. The van der Waals surface area contributed by atoms with Gasteiger partial charge in [0.2, 0.25) is 0 Å². The zero-order valence-electron chi connectivity index (χ0n) is 11.1. The first-order valence-corrected chi connectivity index (χ1v) is 8.46. The maximum atomic E-state index is 11.8. The molecule has 2 fully saturated rings. The van der Waals surface area contributed by atoms with Crippen molar-refractivity contribution in [1.82, 2.24) is 9.03 Å². The molecule has 1 aliphatic carbocycles. The lowest BCUT2D eigenvalue weighted by Crippen LogP contribution is -2.42. The van der Waals surface area contributed by atoms with E-state index in [-0.39, 0.29) is 12.6 Å². The molecule has 1 saturated heterocycles. The Morgan fingerprint density at radius 3 is 2.37 bits per heavy atom. The quantitative estimate of drug-likeness (QED) is 0.760. The third-order valence-corrected chi connectivity index (χ3v) is 5.21. The van der Waals surface area contributed by atoms with Gasteiger partial charge < -0.3 is 4.74 Å². The van der Waals surface area contributed by atoms with Gasteiger partial charge in [-0.25, -0.2) is 0 Å². The van der Waals surface area contributed by atoms with Crippen LogP contribution in [0.15, 0.2) is 0 Å². The van der Waals surface area contributed by atoms with Gasteiger partial charge in [-0.15, -0.1) is 0 Å². The van der Waals surface area contributed by atoms with Crippen molar-refractivity contribution in [2.24, 2.45) is 0 Å². The molecule has 110 valence electrons. The van der Waals surface area contributed by atoms with E-state index in [9.17, 15) is 13.2 Å². The van der Waals surface area contributed by atoms with Gasteiger partial charge in [0.05, 0.1) is 0 Å². The van der Waals surface area contributed by atoms with Gasteiger partial charge in [0.1, 0.15) is 12.6 Å². The molecule has 1 heterocycles. The normalized spacial score (nSPS) is 22.5. The van der Waals surface area contributed by atoms with E-state index in [1.165, 1.54) is 10.7 Å². The van der Waals surface area contributed by atoms with Crippen LogP contribution < -0.4 is 4.72 Å². The van der Waals surface area contributed by atoms with Crippen LogP contribution in [0.5, 0.6) is 0 Å². The summed E-state index contributed by atoms with van der Waals surface area (Å²) in [5, 5.41) is 0. The smallest absolute Gasteiger partial charge is 0.321 e. The first-order valence-electron chi connectivity index (χ1n) is 7.02. The molecular formula is C12H22N2O4S. The lowest BCUT2D eigenvalue weighted by Gasteiger charge is -2.22. The maximum absolute atomic E-state index is 11.8. The fourth-order valence-electron chi connectivity index (χ4n) is 2.58. The topological polar surface area (TPSA) is 75.7 Å². The van der Waals surface area contributed by atoms with E-state index in [0.29, 0.717) is 13.1 Å². The van der Waals surface area contributed by atoms with Crippen LogP contribution in [0.25, 0.3) is 0 Å². The molecule has 6 nitrogen and oxygen atoms in total. The van der Waals surface area contributed by atoms with E-state index >= 15 is 0 Å². The minimum absolute atomic E-state index is 0.0301. The summed E-state index contributed by atoms with van der Waals surface area (Å²) in [6, 6.07) is 0. The molecule has 0 radical (unpaired) electrons. The SMILES string of the molecule is O=C(CNS(=O)(=O)N1CCCC1)OC1CCCCC1. The van der Waals surface area contributed by atoms with E-state index in [4.69, 9.17) is 4.74 Å². The number of esters is 1. The highest BCUT2D eigenvalue weighted by Crippen LogP contribution is 2.20. The second-order valence-corrected chi connectivity index (χ2v) is 6.94. The van der Waals surface area contributed by atoms with Crippen LogP contribution in [-0.4, -0.2) is 44.4 Å². The number of carbonyl (C=O) groups excluding carboxylic acids is 1. The highest BCUT2D eigenvalue weighted by molar-refractivity contribution is 7.87. The minimum Gasteiger partial charge on any atom is -0.461 e. The fourth-order valence-corrected chi connectivity index (χ4v) is 3.80.